The van der Waals surface area contributed by atoms with Crippen LogP contribution in [0.15, 0.2) is 122 Å². The largest absolute Gasteiger partial charge is 0.448 e. The van der Waals surface area contributed by atoms with Crippen molar-refractivity contribution in [3.8, 4) is 11.1 Å². The van der Waals surface area contributed by atoms with Crippen LogP contribution in [0.1, 0.15) is 102 Å². The summed E-state index contributed by atoms with van der Waals surface area (Å²) in [7, 11) is 0. The molecule has 0 fully saturated rings. The Bertz CT molecular complexity index is 2590. The first-order valence-corrected chi connectivity index (χ1v) is 25.7. The van der Waals surface area contributed by atoms with Gasteiger partial charge in [-0.3, -0.25) is 19.2 Å². The van der Waals surface area contributed by atoms with E-state index in [2.05, 4.69) is 43.4 Å². The van der Waals surface area contributed by atoms with Gasteiger partial charge in [-0.2, -0.15) is 0 Å². The zero-order chi connectivity index (χ0) is 53.4. The van der Waals surface area contributed by atoms with Crippen molar-refractivity contribution in [2.45, 2.75) is 129 Å². The molecule has 1 aliphatic carbocycles. The summed E-state index contributed by atoms with van der Waals surface area (Å²) in [6.45, 7) is 12.3. The van der Waals surface area contributed by atoms with Crippen molar-refractivity contribution in [2.24, 2.45) is 11.8 Å². The molecule has 1 heterocycles. The van der Waals surface area contributed by atoms with E-state index >= 15 is 0 Å². The van der Waals surface area contributed by atoms with Crippen LogP contribution in [-0.4, -0.2) is 111 Å². The number of ether oxygens (including phenoxy) is 2. The first-order chi connectivity index (χ1) is 35.5. The van der Waals surface area contributed by atoms with Gasteiger partial charge in [0.1, 0.15) is 24.3 Å². The Hall–Kier alpha value is -7.33. The van der Waals surface area contributed by atoms with E-state index in [-0.39, 0.29) is 44.4 Å². The molecule has 16 heteroatoms. The number of aliphatic hydroxyl groups is 1. The van der Waals surface area contributed by atoms with Gasteiger partial charge in [0, 0.05) is 43.2 Å². The third-order valence-electron chi connectivity index (χ3n) is 13.7. The van der Waals surface area contributed by atoms with Gasteiger partial charge in [-0.05, 0) is 72.4 Å². The third-order valence-corrected chi connectivity index (χ3v) is 13.7. The Kier molecular flexibility index (Phi) is 20.1. The van der Waals surface area contributed by atoms with Gasteiger partial charge in [-0.15, -0.1) is 0 Å². The van der Waals surface area contributed by atoms with Gasteiger partial charge in [-0.1, -0.05) is 150 Å². The number of imidazole rings is 1. The number of carbonyl (C=O) groups is 6. The molecule has 0 bridgehead atoms. The standard InChI is InChI=1S/C58H73N7O9/c1-8-37(3)50(33-65(42(34-66)28-39-20-12-10-13-21-39)57(72)73-35-47-45-26-18-16-24-43(45)44-25-17-19-27-46(44)47)61-52(68)31-51(67)53(38(4)9-2)64-55(70)49(30-41-32-59-36-60-41)62-54(69)48(29-40-22-14-11-15-23-40)63-56(71)74-58(5,6)7/h10-27,32,36-38,42,47-50,53,66H,8-9,28-31,33-35H2,1-7H3,(H,59,60)(H,61,68)(H,62,69)(H,63,71)(H,64,70)/t37?,38?,42?,48-,49-,50?,53-/m0/s1. The number of nitrogens with zero attached hydrogens (tertiary/aromatic N) is 2. The SMILES string of the molecule is CCC(C)C(CN(C(=O)OCC1c2ccccc2-c2ccccc21)C(CO)Cc1ccccc1)NC(=O)CC(=O)[C@@H](NC(=O)[C@H](Cc1cnc[nH]1)NC(=O)[C@H](Cc1ccccc1)NC(=O)OC(C)(C)C)C(C)CC. The molecular weight excluding hydrogens is 939 g/mol. The molecule has 7 atom stereocenters. The fourth-order valence-corrected chi connectivity index (χ4v) is 9.24. The van der Waals surface area contributed by atoms with E-state index in [4.69, 9.17) is 9.47 Å². The lowest BCUT2D eigenvalue weighted by molar-refractivity contribution is -0.135. The summed E-state index contributed by atoms with van der Waals surface area (Å²) < 4.78 is 11.7. The summed E-state index contributed by atoms with van der Waals surface area (Å²) in [4.78, 5) is 93.0. The van der Waals surface area contributed by atoms with Crippen LogP contribution in [0.2, 0.25) is 0 Å². The highest BCUT2D eigenvalue weighted by Gasteiger charge is 2.36. The Morgan fingerprint density at radius 3 is 1.81 bits per heavy atom. The summed E-state index contributed by atoms with van der Waals surface area (Å²) in [6.07, 6.45) is 2.31. The molecule has 74 heavy (non-hydrogen) atoms. The van der Waals surface area contributed by atoms with Crippen LogP contribution in [0.25, 0.3) is 11.1 Å². The predicted octanol–water partition coefficient (Wildman–Crippen LogP) is 7.45. The highest BCUT2D eigenvalue weighted by atomic mass is 16.6. The summed E-state index contributed by atoms with van der Waals surface area (Å²) in [5.74, 6) is -3.36. The van der Waals surface area contributed by atoms with E-state index in [0.29, 0.717) is 25.0 Å². The topological polar surface area (TPSA) is 221 Å². The molecule has 394 valence electrons. The summed E-state index contributed by atoms with van der Waals surface area (Å²) in [6, 6.07) is 29.8. The Balaban J connectivity index is 1.18. The molecule has 4 unspecified atom stereocenters. The molecule has 0 saturated carbocycles. The average molecular weight is 1010 g/mol. The number of Topliss-reactive ketones (excluding diaryl/α,β-unsaturated/α-hetero) is 1. The van der Waals surface area contributed by atoms with Gasteiger partial charge in [0.2, 0.25) is 17.7 Å². The number of hydrogen-bond acceptors (Lipinski definition) is 10. The van der Waals surface area contributed by atoms with Crippen molar-refractivity contribution in [1.82, 2.24) is 36.1 Å². The molecule has 5 aromatic rings. The van der Waals surface area contributed by atoms with Gasteiger partial charge in [0.05, 0.1) is 31.4 Å². The van der Waals surface area contributed by atoms with Crippen molar-refractivity contribution < 1.29 is 43.3 Å². The summed E-state index contributed by atoms with van der Waals surface area (Å²) >= 11 is 0. The van der Waals surface area contributed by atoms with Crippen LogP contribution < -0.4 is 21.3 Å². The molecule has 0 aliphatic heterocycles. The number of ketones is 1. The van der Waals surface area contributed by atoms with Crippen LogP contribution in [0, 0.1) is 11.8 Å². The van der Waals surface area contributed by atoms with Crippen LogP contribution in [0.3, 0.4) is 0 Å². The second-order valence-corrected chi connectivity index (χ2v) is 20.3. The maximum Gasteiger partial charge on any atom is 0.410 e. The van der Waals surface area contributed by atoms with Crippen LogP contribution in [-0.2, 0) is 47.9 Å². The Labute approximate surface area is 434 Å². The number of benzene rings is 4. The number of aromatic amines is 1. The van der Waals surface area contributed by atoms with Crippen molar-refractivity contribution in [1.29, 1.82) is 0 Å². The van der Waals surface area contributed by atoms with E-state index in [1.807, 2.05) is 118 Å². The van der Waals surface area contributed by atoms with Gasteiger partial charge in [0.15, 0.2) is 5.78 Å². The number of H-pyrrole nitrogens is 1. The molecule has 16 nitrogen and oxygen atoms in total. The number of hydrogen-bond donors (Lipinski definition) is 6. The van der Waals surface area contributed by atoms with E-state index in [1.165, 1.54) is 17.4 Å². The van der Waals surface area contributed by atoms with Crippen LogP contribution >= 0.6 is 0 Å². The summed E-state index contributed by atoms with van der Waals surface area (Å²) in [5.41, 5.74) is 5.59. The zero-order valence-corrected chi connectivity index (χ0v) is 43.6. The third kappa shape index (κ3) is 15.6. The van der Waals surface area contributed by atoms with Crippen molar-refractivity contribution in [3.05, 3.63) is 150 Å². The minimum absolute atomic E-state index is 0.0295. The number of aromatic nitrogens is 2. The number of nitrogens with one attached hydrogen (secondary N) is 5. The second-order valence-electron chi connectivity index (χ2n) is 20.3. The van der Waals surface area contributed by atoms with E-state index in [0.717, 1.165) is 33.4 Å². The first kappa shape index (κ1) is 56.0. The molecule has 6 rings (SSSR count). The molecule has 1 aliphatic rings. The second kappa shape index (κ2) is 26.6. The highest BCUT2D eigenvalue weighted by Crippen LogP contribution is 2.44. The zero-order valence-electron chi connectivity index (χ0n) is 43.6. The number of alkyl carbamates (subject to hydrolysis) is 1. The molecule has 5 amide bonds. The molecule has 0 saturated heterocycles. The lowest BCUT2D eigenvalue weighted by atomic mass is 9.92. The van der Waals surface area contributed by atoms with E-state index in [1.54, 1.807) is 27.7 Å². The number of carbonyl (C=O) groups excluding carboxylic acids is 6. The molecular formula is C58H73N7O9. The molecule has 0 spiro atoms. The minimum Gasteiger partial charge on any atom is -0.448 e. The number of rotatable bonds is 25. The predicted molar refractivity (Wildman–Crippen MR) is 283 cm³/mol. The normalized spacial score (nSPS) is 14.9. The monoisotopic (exact) mass is 1010 g/mol. The maximum atomic E-state index is 14.5. The lowest BCUT2D eigenvalue weighted by Gasteiger charge is -2.35. The smallest absolute Gasteiger partial charge is 0.410 e. The number of amides is 5. The maximum absolute atomic E-state index is 14.5. The van der Waals surface area contributed by atoms with Crippen molar-refractivity contribution in [2.75, 3.05) is 19.8 Å². The Morgan fingerprint density at radius 1 is 0.703 bits per heavy atom. The molecule has 0 radical (unpaired) electrons. The van der Waals surface area contributed by atoms with E-state index < -0.39 is 83.8 Å². The minimum atomic E-state index is -1.25. The average Bonchev–Trinajstić information content (AvgIpc) is 4.02. The fourth-order valence-electron chi connectivity index (χ4n) is 9.24. The van der Waals surface area contributed by atoms with Gasteiger partial charge in [-0.25, -0.2) is 14.6 Å². The van der Waals surface area contributed by atoms with Crippen LogP contribution in [0.4, 0.5) is 9.59 Å². The van der Waals surface area contributed by atoms with Gasteiger partial charge >= 0.3 is 12.2 Å². The fraction of sp³-hybridized carbons (Fsp3) is 0.431. The molecule has 6 N–H and O–H groups in total. The Morgan fingerprint density at radius 2 is 1.26 bits per heavy atom. The molecule has 1 aromatic heterocycles. The highest BCUT2D eigenvalue weighted by molar-refractivity contribution is 6.03. The van der Waals surface area contributed by atoms with Crippen LogP contribution in [0.5, 0.6) is 0 Å². The van der Waals surface area contributed by atoms with Crippen molar-refractivity contribution in [3.63, 3.8) is 0 Å². The number of fused-ring (bicyclic) bond motifs is 3. The molecule has 4 aromatic carbocycles. The van der Waals surface area contributed by atoms with Crippen molar-refractivity contribution >= 4 is 35.7 Å². The quantitative estimate of drug-likeness (QED) is 0.0317. The van der Waals surface area contributed by atoms with Gasteiger partial charge in [0.25, 0.3) is 0 Å². The van der Waals surface area contributed by atoms with Gasteiger partial charge < -0.3 is 45.7 Å². The summed E-state index contributed by atoms with van der Waals surface area (Å²) in [5, 5.41) is 22.3. The van der Waals surface area contributed by atoms with E-state index in [9.17, 15) is 33.9 Å². The first-order valence-electron chi connectivity index (χ1n) is 25.7. The lowest BCUT2D eigenvalue weighted by Crippen LogP contribution is -2.58. The number of aliphatic hydroxyl groups excluding tert-OH is 1.